The van der Waals surface area contributed by atoms with Gasteiger partial charge in [-0.3, -0.25) is 0 Å². The van der Waals surface area contributed by atoms with Gasteiger partial charge in [0.1, 0.15) is 6.33 Å². The average Bonchev–Trinajstić information content (AvgIpc) is 3.16. The van der Waals surface area contributed by atoms with E-state index in [1.54, 1.807) is 28.0 Å². The number of amides is 2. The summed E-state index contributed by atoms with van der Waals surface area (Å²) in [4.78, 5) is 18.8. The summed E-state index contributed by atoms with van der Waals surface area (Å²) in [7, 11) is -3.57. The quantitative estimate of drug-likeness (QED) is 0.694. The zero-order valence-electron chi connectivity index (χ0n) is 17.0. The summed E-state index contributed by atoms with van der Waals surface area (Å²) in [5.41, 5.74) is 5.50. The number of rotatable bonds is 4. The van der Waals surface area contributed by atoms with E-state index < -0.39 is 10.0 Å². The third-order valence-electron chi connectivity index (χ3n) is 5.38. The van der Waals surface area contributed by atoms with Gasteiger partial charge in [0.2, 0.25) is 10.0 Å². The Kier molecular flexibility index (Phi) is 5.48. The second kappa shape index (κ2) is 8.08. The van der Waals surface area contributed by atoms with Crippen molar-refractivity contribution in [1.82, 2.24) is 18.9 Å². The topological polar surface area (TPSA) is 87.5 Å². The normalized spacial score (nSPS) is 15.6. The Labute approximate surface area is 176 Å². The first-order valence-electron chi connectivity index (χ1n) is 9.94. The summed E-state index contributed by atoms with van der Waals surface area (Å²) in [5, 5.41) is 0. The van der Waals surface area contributed by atoms with Crippen LogP contribution >= 0.6 is 0 Å². The van der Waals surface area contributed by atoms with E-state index in [0.29, 0.717) is 19.0 Å². The summed E-state index contributed by atoms with van der Waals surface area (Å²) >= 11 is 0. The van der Waals surface area contributed by atoms with Gasteiger partial charge in [-0.2, -0.15) is 4.31 Å². The smallest absolute Gasteiger partial charge is 0.321 e. The number of imidazole rings is 1. The highest BCUT2D eigenvalue weighted by molar-refractivity contribution is 7.89. The maximum atomic E-state index is 12.9. The summed E-state index contributed by atoms with van der Waals surface area (Å²) < 4.78 is 28.9. The Morgan fingerprint density at radius 3 is 2.33 bits per heavy atom. The molecule has 2 aromatic carbocycles. The molecule has 2 heterocycles. The first kappa shape index (κ1) is 20.4. The number of sulfonamides is 1. The van der Waals surface area contributed by atoms with Gasteiger partial charge in [0.15, 0.2) is 0 Å². The summed E-state index contributed by atoms with van der Waals surface area (Å²) in [6.07, 6.45) is 1.56. The Hall–Kier alpha value is -2.91. The number of hydrogen-bond acceptors (Lipinski definition) is 4. The maximum Gasteiger partial charge on any atom is 0.336 e. The highest BCUT2D eigenvalue weighted by Gasteiger charge is 2.30. The summed E-state index contributed by atoms with van der Waals surface area (Å²) in [6, 6.07) is 14.3. The molecule has 1 N–H and O–H groups in total. The number of nitrogens with zero attached hydrogens (tertiary/aromatic N) is 4. The Morgan fingerprint density at radius 1 is 1.00 bits per heavy atom. The monoisotopic (exact) mass is 427 g/mol. The minimum atomic E-state index is -3.57. The fourth-order valence-electron chi connectivity index (χ4n) is 3.53. The second-order valence-electron chi connectivity index (χ2n) is 7.64. The van der Waals surface area contributed by atoms with E-state index in [0.717, 1.165) is 16.6 Å². The lowest BCUT2D eigenvalue weighted by atomic mass is 10.0. The van der Waals surface area contributed by atoms with Crippen molar-refractivity contribution in [2.75, 3.05) is 31.6 Å². The lowest BCUT2D eigenvalue weighted by Gasteiger charge is -2.34. The Morgan fingerprint density at radius 2 is 1.67 bits per heavy atom. The third-order valence-corrected chi connectivity index (χ3v) is 7.29. The van der Waals surface area contributed by atoms with Crippen molar-refractivity contribution in [3.8, 4) is 0 Å². The molecule has 2 amide bonds. The summed E-state index contributed by atoms with van der Waals surface area (Å²) in [6.45, 7) is 5.29. The number of aromatic nitrogens is 2. The number of carbonyl (C=O) groups excluding carboxylic acids is 1. The molecule has 0 bridgehead atoms. The minimum Gasteiger partial charge on any atom is -0.321 e. The first-order chi connectivity index (χ1) is 14.4. The van der Waals surface area contributed by atoms with Crippen molar-refractivity contribution in [2.24, 2.45) is 0 Å². The van der Waals surface area contributed by atoms with Gasteiger partial charge in [-0.15, -0.1) is 0 Å². The van der Waals surface area contributed by atoms with Crippen LogP contribution in [0.4, 0.5) is 4.79 Å². The molecule has 0 atom stereocenters. The molecule has 158 valence electrons. The molecule has 9 heteroatoms. The molecule has 0 aliphatic carbocycles. The van der Waals surface area contributed by atoms with Crippen molar-refractivity contribution < 1.29 is 13.2 Å². The van der Waals surface area contributed by atoms with Crippen molar-refractivity contribution in [1.29, 1.82) is 0 Å². The molecule has 1 aliphatic rings. The Bertz CT molecular complexity index is 1150. The van der Waals surface area contributed by atoms with Crippen LogP contribution in [0.25, 0.3) is 11.0 Å². The maximum absolute atomic E-state index is 12.9. The molecular weight excluding hydrogens is 402 g/mol. The average molecular weight is 428 g/mol. The van der Waals surface area contributed by atoms with Gasteiger partial charge in [-0.25, -0.2) is 28.3 Å². The third kappa shape index (κ3) is 3.90. The van der Waals surface area contributed by atoms with E-state index >= 15 is 0 Å². The minimum absolute atomic E-state index is 0.256. The fraction of sp³-hybridized carbons (Fsp3) is 0.333. The molecule has 8 nitrogen and oxygen atoms in total. The van der Waals surface area contributed by atoms with E-state index in [2.05, 4.69) is 24.3 Å². The number of hydrogen-bond donors (Lipinski definition) is 1. The van der Waals surface area contributed by atoms with Gasteiger partial charge in [0.05, 0.1) is 15.9 Å². The molecule has 1 aliphatic heterocycles. The molecule has 30 heavy (non-hydrogen) atoms. The molecule has 1 fully saturated rings. The SMILES string of the molecule is CC(C)c1ccc(S(=O)(=O)N2CCN(C(=O)Nn3cnc4ccccc43)CC2)cc1. The number of carbonyl (C=O) groups is 1. The van der Waals surface area contributed by atoms with E-state index in [1.807, 2.05) is 36.4 Å². The molecule has 3 aromatic rings. The lowest BCUT2D eigenvalue weighted by molar-refractivity contribution is 0.182. The van der Waals surface area contributed by atoms with Crippen LogP contribution in [0.3, 0.4) is 0 Å². The van der Waals surface area contributed by atoms with Gasteiger partial charge in [0, 0.05) is 26.2 Å². The molecule has 0 unspecified atom stereocenters. The van der Waals surface area contributed by atoms with Crippen LogP contribution in [0, 0.1) is 0 Å². The zero-order valence-corrected chi connectivity index (χ0v) is 17.8. The number of benzene rings is 2. The van der Waals surface area contributed by atoms with E-state index in [9.17, 15) is 13.2 Å². The van der Waals surface area contributed by atoms with Crippen LogP contribution in [0.1, 0.15) is 25.3 Å². The standard InChI is InChI=1S/C21H25N5O3S/c1-16(2)17-7-9-18(10-8-17)30(28,29)25-13-11-24(12-14-25)21(27)23-26-15-22-19-5-3-4-6-20(19)26/h3-10,15-16H,11-14H2,1-2H3,(H,23,27). The predicted octanol–water partition coefficient (Wildman–Crippen LogP) is 2.83. The van der Waals surface area contributed by atoms with Gasteiger partial charge >= 0.3 is 6.03 Å². The number of fused-ring (bicyclic) bond motifs is 1. The van der Waals surface area contributed by atoms with Crippen LogP contribution in [-0.4, -0.2) is 59.5 Å². The molecule has 4 rings (SSSR count). The molecule has 0 spiro atoms. The van der Waals surface area contributed by atoms with Crippen LogP contribution in [-0.2, 0) is 10.0 Å². The van der Waals surface area contributed by atoms with E-state index in [1.165, 1.54) is 4.31 Å². The number of nitrogens with one attached hydrogen (secondary N) is 1. The van der Waals surface area contributed by atoms with Gasteiger partial charge in [-0.05, 0) is 35.7 Å². The van der Waals surface area contributed by atoms with Crippen molar-refractivity contribution in [3.05, 3.63) is 60.4 Å². The largest absolute Gasteiger partial charge is 0.336 e. The number of urea groups is 1. The van der Waals surface area contributed by atoms with Crippen LogP contribution < -0.4 is 5.43 Å². The van der Waals surface area contributed by atoms with Gasteiger partial charge in [0.25, 0.3) is 0 Å². The van der Waals surface area contributed by atoms with Crippen molar-refractivity contribution in [3.63, 3.8) is 0 Å². The molecule has 1 aromatic heterocycles. The molecular formula is C21H25N5O3S. The molecule has 0 radical (unpaired) electrons. The first-order valence-corrected chi connectivity index (χ1v) is 11.4. The van der Waals surface area contributed by atoms with Crippen LogP contribution in [0.5, 0.6) is 0 Å². The predicted molar refractivity (Wildman–Crippen MR) is 115 cm³/mol. The van der Waals surface area contributed by atoms with E-state index in [-0.39, 0.29) is 24.0 Å². The zero-order chi connectivity index (χ0) is 21.3. The number of para-hydroxylation sites is 2. The van der Waals surface area contributed by atoms with Gasteiger partial charge in [-0.1, -0.05) is 38.1 Å². The summed E-state index contributed by atoms with van der Waals surface area (Å²) in [5.74, 6) is 0.344. The number of piperazine rings is 1. The Balaban J connectivity index is 1.39. The second-order valence-corrected chi connectivity index (χ2v) is 9.57. The highest BCUT2D eigenvalue weighted by Crippen LogP contribution is 2.21. The van der Waals surface area contributed by atoms with Gasteiger partial charge < -0.3 is 4.90 Å². The molecule has 1 saturated heterocycles. The van der Waals surface area contributed by atoms with Crippen molar-refractivity contribution in [2.45, 2.75) is 24.7 Å². The van der Waals surface area contributed by atoms with Crippen molar-refractivity contribution >= 4 is 27.1 Å². The van der Waals surface area contributed by atoms with Crippen LogP contribution in [0.2, 0.25) is 0 Å². The van der Waals surface area contributed by atoms with E-state index in [4.69, 9.17) is 0 Å². The fourth-order valence-corrected chi connectivity index (χ4v) is 4.95. The van der Waals surface area contributed by atoms with Crippen LogP contribution in [0.15, 0.2) is 59.8 Å². The lowest BCUT2D eigenvalue weighted by Crippen LogP contribution is -2.52. The molecule has 0 saturated carbocycles. The highest BCUT2D eigenvalue weighted by atomic mass is 32.2.